The number of nitrogens with two attached hydrogens (primary N) is 1. The summed E-state index contributed by atoms with van der Waals surface area (Å²) in [5.74, 6) is -7.57. The third kappa shape index (κ3) is 3.87. The van der Waals surface area contributed by atoms with Crippen LogP contribution in [0, 0.1) is 11.8 Å². The van der Waals surface area contributed by atoms with Gasteiger partial charge in [0.2, 0.25) is 5.78 Å². The predicted molar refractivity (Wildman–Crippen MR) is 140 cm³/mol. The highest BCUT2D eigenvalue weighted by Gasteiger charge is 2.64. The minimum absolute atomic E-state index is 0.0266. The number of aliphatic hydroxyl groups is 3. The lowest BCUT2D eigenvalue weighted by molar-refractivity contribution is -0.153. The number of likely N-dealkylation sites (N-methyl/N-ethyl adjacent to an activating group) is 1. The number of hydrogen-bond donors (Lipinski definition) is 6. The number of primary amides is 1. The number of aromatic hydroxyl groups is 1. The zero-order chi connectivity index (χ0) is 29.1. The molecule has 7 N–H and O–H groups in total. The van der Waals surface area contributed by atoms with E-state index in [0.29, 0.717) is 11.1 Å². The number of phenols is 1. The fourth-order valence-corrected chi connectivity index (χ4v) is 6.24. The van der Waals surface area contributed by atoms with E-state index in [-0.39, 0.29) is 42.0 Å². The van der Waals surface area contributed by atoms with Crippen molar-refractivity contribution >= 4 is 29.1 Å². The third-order valence-electron chi connectivity index (χ3n) is 8.04. The molecule has 3 aliphatic carbocycles. The van der Waals surface area contributed by atoms with Crippen molar-refractivity contribution in [3.05, 3.63) is 75.8 Å². The molecule has 0 aliphatic heterocycles. The first-order valence-electron chi connectivity index (χ1n) is 12.6. The number of nitrogens with zero attached hydrogens (tertiary/aromatic N) is 2. The van der Waals surface area contributed by atoms with Gasteiger partial charge in [0.15, 0.2) is 11.4 Å². The number of ketones is 2. The van der Waals surface area contributed by atoms with Crippen LogP contribution in [0.2, 0.25) is 0 Å². The first kappa shape index (κ1) is 27.0. The maximum atomic E-state index is 13.9. The van der Waals surface area contributed by atoms with Crippen LogP contribution in [0.1, 0.15) is 33.6 Å². The topological polar surface area (TPSA) is 203 Å². The summed E-state index contributed by atoms with van der Waals surface area (Å²) >= 11 is 0. The Morgan fingerprint density at radius 1 is 1.15 bits per heavy atom. The molecule has 1 aromatic carbocycles. The second kappa shape index (κ2) is 9.57. The van der Waals surface area contributed by atoms with E-state index in [2.05, 4.69) is 10.3 Å². The second-order valence-electron chi connectivity index (χ2n) is 10.5. The summed E-state index contributed by atoms with van der Waals surface area (Å²) in [5.41, 5.74) is 2.74. The summed E-state index contributed by atoms with van der Waals surface area (Å²) in [7, 11) is 3.07. The van der Waals surface area contributed by atoms with Gasteiger partial charge in [-0.1, -0.05) is 12.1 Å². The van der Waals surface area contributed by atoms with E-state index < -0.39 is 64.0 Å². The Morgan fingerprint density at radius 3 is 2.50 bits per heavy atom. The van der Waals surface area contributed by atoms with Gasteiger partial charge in [-0.15, -0.1) is 0 Å². The van der Waals surface area contributed by atoms with Gasteiger partial charge in [0, 0.05) is 24.2 Å². The lowest BCUT2D eigenvalue weighted by Crippen LogP contribution is -2.65. The largest absolute Gasteiger partial charge is 0.508 e. The highest BCUT2D eigenvalue weighted by atomic mass is 16.3. The summed E-state index contributed by atoms with van der Waals surface area (Å²) in [5, 5.41) is 47.3. The van der Waals surface area contributed by atoms with E-state index in [1.54, 1.807) is 24.3 Å². The molecule has 0 bridgehead atoms. The Morgan fingerprint density at radius 2 is 1.88 bits per heavy atom. The number of amides is 2. The molecule has 1 heterocycles. The van der Waals surface area contributed by atoms with E-state index in [0.717, 1.165) is 0 Å². The average molecular weight is 549 g/mol. The van der Waals surface area contributed by atoms with Crippen LogP contribution in [0.4, 0.5) is 0 Å². The zero-order valence-electron chi connectivity index (χ0n) is 21.7. The van der Waals surface area contributed by atoms with Crippen LogP contribution < -0.4 is 11.1 Å². The molecule has 1 saturated carbocycles. The lowest BCUT2D eigenvalue weighted by Gasteiger charge is -2.50. The molecule has 40 heavy (non-hydrogen) atoms. The highest BCUT2D eigenvalue weighted by molar-refractivity contribution is 6.24. The number of phenolic OH excluding ortho intramolecular Hbond substituents is 1. The van der Waals surface area contributed by atoms with Gasteiger partial charge in [-0.2, -0.15) is 0 Å². The van der Waals surface area contributed by atoms with Crippen molar-refractivity contribution < 1.29 is 39.6 Å². The Hall–Kier alpha value is -4.55. The van der Waals surface area contributed by atoms with E-state index >= 15 is 0 Å². The van der Waals surface area contributed by atoms with Gasteiger partial charge >= 0.3 is 0 Å². The summed E-state index contributed by atoms with van der Waals surface area (Å²) in [6.07, 6.45) is 1.58. The van der Waals surface area contributed by atoms with Gasteiger partial charge in [0.25, 0.3) is 11.8 Å². The van der Waals surface area contributed by atoms with E-state index in [1.807, 2.05) is 0 Å². The molecule has 0 spiro atoms. The number of nitrogens with one attached hydrogen (secondary N) is 1. The quantitative estimate of drug-likeness (QED) is 0.282. The Balaban J connectivity index is 1.59. The molecular weight excluding hydrogens is 520 g/mol. The van der Waals surface area contributed by atoms with Crippen LogP contribution in [-0.2, 0) is 27.3 Å². The fraction of sp³-hybridized carbons (Fsp3) is 0.321. The summed E-state index contributed by atoms with van der Waals surface area (Å²) in [4.78, 5) is 57.2. The van der Waals surface area contributed by atoms with Crippen molar-refractivity contribution in [3.63, 3.8) is 0 Å². The summed E-state index contributed by atoms with van der Waals surface area (Å²) < 4.78 is 0. The van der Waals surface area contributed by atoms with Crippen LogP contribution in [0.3, 0.4) is 0 Å². The normalized spacial score (nSPS) is 25.9. The number of aliphatic hydroxyl groups excluding tert-OH is 2. The van der Waals surface area contributed by atoms with Crippen molar-refractivity contribution in [1.29, 1.82) is 0 Å². The number of rotatable bonds is 5. The van der Waals surface area contributed by atoms with Gasteiger partial charge in [-0.3, -0.25) is 29.1 Å². The molecule has 12 heteroatoms. The predicted octanol–water partition coefficient (Wildman–Crippen LogP) is 0.289. The average Bonchev–Trinajstić information content (AvgIpc) is 2.90. The van der Waals surface area contributed by atoms with Crippen molar-refractivity contribution in [2.24, 2.45) is 17.6 Å². The van der Waals surface area contributed by atoms with Crippen LogP contribution >= 0.6 is 0 Å². The molecule has 4 atom stereocenters. The number of carbonyl (C=O) groups is 4. The van der Waals surface area contributed by atoms with Gasteiger partial charge in [-0.25, -0.2) is 0 Å². The van der Waals surface area contributed by atoms with Crippen molar-refractivity contribution in [2.75, 3.05) is 14.1 Å². The molecule has 2 amide bonds. The molecule has 1 fully saturated rings. The van der Waals surface area contributed by atoms with Gasteiger partial charge in [-0.05, 0) is 62.2 Å². The number of fused-ring (bicyclic) bond motifs is 3. The number of pyridine rings is 1. The minimum Gasteiger partial charge on any atom is -0.508 e. The van der Waals surface area contributed by atoms with Gasteiger partial charge in [0.05, 0.1) is 11.6 Å². The van der Waals surface area contributed by atoms with E-state index in [4.69, 9.17) is 5.73 Å². The maximum absolute atomic E-state index is 13.9. The summed E-state index contributed by atoms with van der Waals surface area (Å²) in [6, 6.07) is 6.64. The molecule has 3 aliphatic rings. The van der Waals surface area contributed by atoms with E-state index in [1.165, 1.54) is 31.3 Å². The van der Waals surface area contributed by atoms with Crippen LogP contribution in [-0.4, -0.2) is 79.4 Å². The molecule has 0 unspecified atom stereocenters. The molecule has 208 valence electrons. The summed E-state index contributed by atoms with van der Waals surface area (Å²) in [6.45, 7) is 0.0268. The van der Waals surface area contributed by atoms with Gasteiger partial charge < -0.3 is 31.5 Å². The van der Waals surface area contributed by atoms with Crippen LogP contribution in [0.15, 0.2) is 53.4 Å². The maximum Gasteiger partial charge on any atom is 0.270 e. The first-order chi connectivity index (χ1) is 18.9. The SMILES string of the molecule is CN(C)[C@@H]1C(=O)C(C(N)=O)=C(O)[C@@]2(O)C(=O)C3=C(O)c4c(O)ccc(CNC(=O)c5ccccn5)c4C[C@H]3C[C@@H]12. The number of benzene rings is 1. The molecule has 2 aromatic rings. The Bertz CT molecular complexity index is 1530. The molecule has 1 aromatic heterocycles. The molecule has 5 rings (SSSR count). The van der Waals surface area contributed by atoms with Gasteiger partial charge in [0.1, 0.15) is 28.5 Å². The standard InChI is InChI=1S/C28H28N4O8/c1-32(2)21-15-10-13-9-14-12(11-31-27(39)16-5-3-4-8-30-16)6-7-17(33)19(14)22(34)18(13)24(36)28(15,40)25(37)20(23(21)35)26(29)38/h3-8,13,15,21,33-34,37,40H,9-11H2,1-2H3,(H2,29,38)(H,31,39)/t13-,15-,21-,28-/m0/s1. The Kier molecular flexibility index (Phi) is 6.47. The molecule has 0 saturated heterocycles. The fourth-order valence-electron chi connectivity index (χ4n) is 6.24. The minimum atomic E-state index is -2.70. The van der Waals surface area contributed by atoms with Crippen LogP contribution in [0.5, 0.6) is 5.75 Å². The zero-order valence-corrected chi connectivity index (χ0v) is 21.7. The van der Waals surface area contributed by atoms with Crippen LogP contribution in [0.25, 0.3) is 5.76 Å². The molecule has 12 nitrogen and oxygen atoms in total. The molecule has 0 radical (unpaired) electrons. The third-order valence-corrected chi connectivity index (χ3v) is 8.04. The number of aromatic nitrogens is 1. The lowest BCUT2D eigenvalue weighted by atomic mass is 9.57. The van der Waals surface area contributed by atoms with Crippen molar-refractivity contribution in [1.82, 2.24) is 15.2 Å². The smallest absolute Gasteiger partial charge is 0.270 e. The van der Waals surface area contributed by atoms with Crippen molar-refractivity contribution in [3.8, 4) is 5.75 Å². The Labute approximate surface area is 228 Å². The first-order valence-corrected chi connectivity index (χ1v) is 12.6. The van der Waals surface area contributed by atoms with E-state index in [9.17, 15) is 39.6 Å². The number of carbonyl (C=O) groups excluding carboxylic acids is 4. The molecular formula is C28H28N4O8. The monoisotopic (exact) mass is 548 g/mol. The number of hydrogen-bond acceptors (Lipinski definition) is 10. The second-order valence-corrected chi connectivity index (χ2v) is 10.5. The highest BCUT2D eigenvalue weighted by Crippen LogP contribution is 2.52. The van der Waals surface area contributed by atoms with Crippen molar-refractivity contribution in [2.45, 2.75) is 31.0 Å². The number of Topliss-reactive ketones (excluding diaryl/α,β-unsaturated/α-hetero) is 2.